The van der Waals surface area contributed by atoms with Gasteiger partial charge in [-0.05, 0) is 32.1 Å². The number of phosphoric acid groups is 1. The van der Waals surface area contributed by atoms with Gasteiger partial charge in [-0.25, -0.2) is 0 Å². The summed E-state index contributed by atoms with van der Waals surface area (Å²) in [6, 6.07) is 0. The van der Waals surface area contributed by atoms with E-state index >= 15 is 0 Å². The molecule has 0 saturated heterocycles. The van der Waals surface area contributed by atoms with Crippen molar-refractivity contribution >= 4 is 15.1 Å². The molecule has 0 aromatic rings. The van der Waals surface area contributed by atoms with Crippen LogP contribution < -0.4 is 4.89 Å². The van der Waals surface area contributed by atoms with Gasteiger partial charge >= 0.3 is 0 Å². The molecule has 30 heavy (non-hydrogen) atoms. The zero-order valence-electron chi connectivity index (χ0n) is 21.3. The van der Waals surface area contributed by atoms with Crippen LogP contribution in [0.5, 0.6) is 0 Å². The van der Waals surface area contributed by atoms with E-state index in [4.69, 9.17) is 0 Å². The molecule has 0 atom stereocenters. The van der Waals surface area contributed by atoms with E-state index in [2.05, 4.69) is 36.5 Å². The Labute approximate surface area is 190 Å². The van der Waals surface area contributed by atoms with Crippen molar-refractivity contribution < 1.29 is 18.5 Å². The van der Waals surface area contributed by atoms with E-state index in [0.29, 0.717) is 0 Å². The lowest BCUT2D eigenvalue weighted by atomic mass is 10.3. The Hall–Kier alpha value is 0.540. The molecule has 0 fully saturated rings. The lowest BCUT2D eigenvalue weighted by molar-refractivity contribution is -0.225. The Morgan fingerprint density at radius 2 is 0.900 bits per heavy atom. The molecule has 0 N–H and O–H groups in total. The summed E-state index contributed by atoms with van der Waals surface area (Å²) in [4.78, 5) is 11.0. The molecule has 0 unspecified atom stereocenters. The number of hydrogen-bond donors (Lipinski definition) is 0. The summed E-state index contributed by atoms with van der Waals surface area (Å²) >= 11 is 0. The van der Waals surface area contributed by atoms with E-state index in [0.717, 1.165) is 25.7 Å². The summed E-state index contributed by atoms with van der Waals surface area (Å²) in [5.74, 6) is 0. The van der Waals surface area contributed by atoms with E-state index in [1.54, 1.807) is 18.5 Å². The van der Waals surface area contributed by atoms with Crippen molar-refractivity contribution in [2.75, 3.05) is 38.4 Å². The molecule has 0 aromatic carbocycles. The topological polar surface area (TPSA) is 58.6 Å². The number of hydrogen-bond acceptors (Lipinski definition) is 4. The summed E-state index contributed by atoms with van der Waals surface area (Å²) in [5.41, 5.74) is 0. The first-order valence-electron chi connectivity index (χ1n) is 12.7. The van der Waals surface area contributed by atoms with Crippen LogP contribution in [0.4, 0.5) is 0 Å². The molecule has 0 spiro atoms. The molecule has 6 heteroatoms. The van der Waals surface area contributed by atoms with Gasteiger partial charge in [-0.15, -0.1) is 0 Å². The highest BCUT2D eigenvalue weighted by Gasteiger charge is 2.29. The van der Waals surface area contributed by atoms with Crippen molar-refractivity contribution in [2.45, 2.75) is 118 Å². The average molecular weight is 469 g/mol. The largest absolute Gasteiger partial charge is 0.756 e. The van der Waals surface area contributed by atoms with Crippen molar-refractivity contribution in [1.29, 1.82) is 0 Å². The summed E-state index contributed by atoms with van der Waals surface area (Å²) in [6.07, 6.45) is 21.0. The van der Waals surface area contributed by atoms with E-state index in [-0.39, 0.29) is 13.2 Å². The third-order valence-corrected chi connectivity index (χ3v) is 10.6. The molecule has 0 saturated carbocycles. The van der Waals surface area contributed by atoms with Crippen molar-refractivity contribution in [3.8, 4) is 0 Å². The van der Waals surface area contributed by atoms with Gasteiger partial charge in [-0.2, -0.15) is 0 Å². The molecule has 0 radical (unpaired) electrons. The molecule has 0 heterocycles. The smallest absolute Gasteiger partial charge is 0.267 e. The second-order valence-electron chi connectivity index (χ2n) is 8.73. The first-order valence-corrected chi connectivity index (χ1v) is 17.0. The maximum atomic E-state index is 11.0. The highest BCUT2D eigenvalue weighted by Crippen LogP contribution is 2.57. The summed E-state index contributed by atoms with van der Waals surface area (Å²) in [5, 5.41) is 0. The molecule has 0 aromatic heterocycles. The van der Waals surface area contributed by atoms with Crippen LogP contribution in [0.1, 0.15) is 118 Å². The maximum Gasteiger partial charge on any atom is 0.267 e. The number of rotatable bonds is 20. The Morgan fingerprint density at radius 1 is 0.600 bits per heavy atom. The predicted octanol–water partition coefficient (Wildman–Crippen LogP) is 8.29. The Kier molecular flexibility index (Phi) is 24.8. The summed E-state index contributed by atoms with van der Waals surface area (Å²) < 4.78 is 20.2. The van der Waals surface area contributed by atoms with Crippen LogP contribution >= 0.6 is 15.1 Å². The second kappa shape index (κ2) is 22.7. The molecule has 0 amide bonds. The molecular weight excluding hydrogens is 414 g/mol. The van der Waals surface area contributed by atoms with E-state index < -0.39 is 15.1 Å². The lowest BCUT2D eigenvalue weighted by Crippen LogP contribution is -2.09. The summed E-state index contributed by atoms with van der Waals surface area (Å²) in [6.45, 7) is 14.0. The molecule has 0 aliphatic heterocycles. The van der Waals surface area contributed by atoms with Crippen LogP contribution in [-0.2, 0) is 13.6 Å². The molecule has 0 aliphatic carbocycles. The molecule has 184 valence electrons. The minimum absolute atomic E-state index is 0.226. The van der Waals surface area contributed by atoms with Crippen LogP contribution in [0.15, 0.2) is 0 Å². The Bertz CT molecular complexity index is 351. The van der Waals surface area contributed by atoms with Crippen molar-refractivity contribution in [1.82, 2.24) is 0 Å². The predicted molar refractivity (Wildman–Crippen MR) is 135 cm³/mol. The van der Waals surface area contributed by atoms with Gasteiger partial charge in [0.1, 0.15) is 0 Å². The van der Waals surface area contributed by atoms with Gasteiger partial charge in [-0.3, -0.25) is 4.57 Å². The standard InChI is InChI=1S/C16H36P.C8H19O4P/c1-5-8-11-14-17(4,15-12-9-6-2)16-13-10-7-3;1-3-5-7-11-13(9,10)12-8-6-4-2/h5-16H2,1-4H3;3-8H2,1-2H3,(H,9,10)/q+1;/p-1. The zero-order valence-corrected chi connectivity index (χ0v) is 23.0. The van der Waals surface area contributed by atoms with Crippen LogP contribution in [0, 0.1) is 0 Å². The van der Waals surface area contributed by atoms with Crippen molar-refractivity contribution in [2.24, 2.45) is 0 Å². The number of phosphoric ester groups is 1. The van der Waals surface area contributed by atoms with Gasteiger partial charge in [0.25, 0.3) is 7.82 Å². The van der Waals surface area contributed by atoms with Crippen molar-refractivity contribution in [3.63, 3.8) is 0 Å². The normalized spacial score (nSPS) is 12.0. The monoisotopic (exact) mass is 468 g/mol. The SMILES string of the molecule is CCCCC[P+](C)(CCCCC)CCCCC.CCCCOP(=O)([O-])OCCCC. The third kappa shape index (κ3) is 23.2. The van der Waals surface area contributed by atoms with Crippen LogP contribution in [0.3, 0.4) is 0 Å². The van der Waals surface area contributed by atoms with Gasteiger partial charge in [0.05, 0.1) is 31.7 Å². The van der Waals surface area contributed by atoms with E-state index in [1.807, 2.05) is 13.8 Å². The van der Waals surface area contributed by atoms with Crippen LogP contribution in [0.2, 0.25) is 0 Å². The number of unbranched alkanes of at least 4 members (excludes halogenated alkanes) is 8. The molecular formula is C24H54O4P2. The Balaban J connectivity index is 0. The van der Waals surface area contributed by atoms with E-state index in [9.17, 15) is 9.46 Å². The summed E-state index contributed by atoms with van der Waals surface area (Å²) in [7, 11) is -4.56. The molecule has 4 nitrogen and oxygen atoms in total. The molecule has 0 bridgehead atoms. The lowest BCUT2D eigenvalue weighted by Gasteiger charge is -2.23. The Morgan fingerprint density at radius 3 is 1.17 bits per heavy atom. The first-order chi connectivity index (χ1) is 14.3. The molecule has 0 aliphatic rings. The minimum atomic E-state index is -4.00. The molecule has 0 rings (SSSR count). The van der Waals surface area contributed by atoms with Crippen LogP contribution in [-0.4, -0.2) is 38.4 Å². The van der Waals surface area contributed by atoms with Crippen molar-refractivity contribution in [3.05, 3.63) is 0 Å². The highest BCUT2D eigenvalue weighted by molar-refractivity contribution is 7.75. The first kappa shape index (κ1) is 32.7. The second-order valence-corrected chi connectivity index (χ2v) is 14.7. The zero-order chi connectivity index (χ0) is 23.1. The van der Waals surface area contributed by atoms with Gasteiger partial charge in [0.15, 0.2) is 0 Å². The fourth-order valence-corrected chi connectivity index (χ4v) is 7.66. The average Bonchev–Trinajstić information content (AvgIpc) is 2.69. The fraction of sp³-hybridized carbons (Fsp3) is 1.00. The van der Waals surface area contributed by atoms with Gasteiger partial charge in [-0.1, -0.05) is 86.0 Å². The van der Waals surface area contributed by atoms with Crippen LogP contribution in [0.25, 0.3) is 0 Å². The van der Waals surface area contributed by atoms with Gasteiger partial charge < -0.3 is 13.9 Å². The minimum Gasteiger partial charge on any atom is -0.756 e. The maximum absolute atomic E-state index is 11.0. The fourth-order valence-electron chi connectivity index (χ4n) is 3.24. The van der Waals surface area contributed by atoms with Gasteiger partial charge in [0.2, 0.25) is 0 Å². The quantitative estimate of drug-likeness (QED) is 0.133. The highest BCUT2D eigenvalue weighted by atomic mass is 31.2. The third-order valence-electron chi connectivity index (χ3n) is 5.40. The van der Waals surface area contributed by atoms with Gasteiger partial charge in [0, 0.05) is 13.9 Å². The van der Waals surface area contributed by atoms with E-state index in [1.165, 1.54) is 57.8 Å².